The zero-order chi connectivity index (χ0) is 14.1. The molecule has 20 heavy (non-hydrogen) atoms. The molecule has 3 nitrogen and oxygen atoms in total. The minimum atomic E-state index is -0.171. The maximum absolute atomic E-state index is 11.6. The molecule has 2 N–H and O–H groups in total. The fourth-order valence-corrected chi connectivity index (χ4v) is 2.73. The first kappa shape index (κ1) is 12.8. The monoisotopic (exact) mass is 282 g/mol. The molecule has 100 valence electrons. The zero-order valence-electron chi connectivity index (χ0n) is 11.0. The molecule has 1 atom stereocenters. The molecule has 3 rings (SSSR count). The summed E-state index contributed by atoms with van der Waals surface area (Å²) in [6.45, 7) is 2.07. The molecule has 0 spiro atoms. The maximum Gasteiger partial charge on any atom is 0.251 e. The van der Waals surface area contributed by atoms with Crippen LogP contribution in [0.3, 0.4) is 0 Å². The van der Waals surface area contributed by atoms with Crippen LogP contribution < -0.4 is 5.56 Å². The molecular weight excluding hydrogens is 268 g/mol. The van der Waals surface area contributed by atoms with Crippen molar-refractivity contribution in [3.8, 4) is 0 Å². The van der Waals surface area contributed by atoms with Crippen LogP contribution in [0, 0.1) is 4.77 Å². The molecule has 0 aliphatic heterocycles. The summed E-state index contributed by atoms with van der Waals surface area (Å²) in [6, 6.07) is 16.0. The fourth-order valence-electron chi connectivity index (χ4n) is 2.52. The van der Waals surface area contributed by atoms with Gasteiger partial charge < -0.3 is 4.98 Å². The second kappa shape index (κ2) is 5.06. The van der Waals surface area contributed by atoms with Crippen molar-refractivity contribution in [3.63, 3.8) is 0 Å². The molecule has 2 aromatic carbocycles. The van der Waals surface area contributed by atoms with E-state index in [1.807, 2.05) is 18.2 Å². The Bertz CT molecular complexity index is 846. The third-order valence-electron chi connectivity index (χ3n) is 3.54. The van der Waals surface area contributed by atoms with E-state index in [0.29, 0.717) is 4.77 Å². The van der Waals surface area contributed by atoms with E-state index in [1.54, 1.807) is 6.07 Å². The number of hydrogen-bond acceptors (Lipinski definition) is 2. The van der Waals surface area contributed by atoms with Gasteiger partial charge in [-0.2, -0.15) is 0 Å². The number of nitrogens with one attached hydrogen (secondary N) is 2. The number of aromatic nitrogens is 2. The summed E-state index contributed by atoms with van der Waals surface area (Å²) < 4.78 is 0.361. The van der Waals surface area contributed by atoms with Crippen LogP contribution in [0.25, 0.3) is 10.8 Å². The van der Waals surface area contributed by atoms with Crippen molar-refractivity contribution in [3.05, 3.63) is 74.9 Å². The first-order valence-electron chi connectivity index (χ1n) is 6.46. The molecule has 0 fully saturated rings. The van der Waals surface area contributed by atoms with Crippen LogP contribution in [0.2, 0.25) is 0 Å². The summed E-state index contributed by atoms with van der Waals surface area (Å²) in [5.74, 6) is 0.0742. The van der Waals surface area contributed by atoms with Crippen molar-refractivity contribution in [1.82, 2.24) is 9.97 Å². The van der Waals surface area contributed by atoms with Crippen LogP contribution in [0.5, 0.6) is 0 Å². The van der Waals surface area contributed by atoms with Crippen molar-refractivity contribution in [2.75, 3.05) is 0 Å². The van der Waals surface area contributed by atoms with Gasteiger partial charge in [0.2, 0.25) is 0 Å². The zero-order valence-corrected chi connectivity index (χ0v) is 11.8. The van der Waals surface area contributed by atoms with E-state index in [1.165, 1.54) is 16.3 Å². The van der Waals surface area contributed by atoms with Gasteiger partial charge in [0.1, 0.15) is 0 Å². The van der Waals surface area contributed by atoms with E-state index in [4.69, 9.17) is 12.2 Å². The molecule has 0 saturated carbocycles. The highest BCUT2D eigenvalue weighted by molar-refractivity contribution is 7.71. The largest absolute Gasteiger partial charge is 0.335 e. The Labute approximate surface area is 121 Å². The lowest BCUT2D eigenvalue weighted by molar-refractivity contribution is 0.853. The van der Waals surface area contributed by atoms with Gasteiger partial charge in [-0.25, -0.2) is 0 Å². The van der Waals surface area contributed by atoms with Gasteiger partial charge in [0, 0.05) is 17.7 Å². The van der Waals surface area contributed by atoms with Gasteiger partial charge in [-0.1, -0.05) is 49.4 Å². The van der Waals surface area contributed by atoms with Crippen LogP contribution in [0.1, 0.15) is 24.1 Å². The highest BCUT2D eigenvalue weighted by Crippen LogP contribution is 2.28. The summed E-state index contributed by atoms with van der Waals surface area (Å²) in [5, 5.41) is 2.39. The Morgan fingerprint density at radius 1 is 1.05 bits per heavy atom. The normalized spacial score (nSPS) is 12.4. The Balaban J connectivity index is 2.20. The van der Waals surface area contributed by atoms with Gasteiger partial charge in [-0.3, -0.25) is 9.78 Å². The van der Waals surface area contributed by atoms with E-state index in [0.717, 1.165) is 5.69 Å². The average molecular weight is 282 g/mol. The molecule has 0 radical (unpaired) electrons. The summed E-state index contributed by atoms with van der Waals surface area (Å²) in [4.78, 5) is 17.2. The molecule has 1 heterocycles. The Morgan fingerprint density at radius 3 is 2.60 bits per heavy atom. The van der Waals surface area contributed by atoms with Crippen molar-refractivity contribution in [2.45, 2.75) is 12.8 Å². The van der Waals surface area contributed by atoms with Crippen LogP contribution in [0.4, 0.5) is 0 Å². The molecule has 4 heteroatoms. The van der Waals surface area contributed by atoms with Crippen molar-refractivity contribution in [1.29, 1.82) is 0 Å². The topological polar surface area (TPSA) is 48.6 Å². The van der Waals surface area contributed by atoms with Crippen LogP contribution in [-0.4, -0.2) is 9.97 Å². The molecule has 0 aliphatic carbocycles. The molecule has 0 unspecified atom stereocenters. The van der Waals surface area contributed by atoms with E-state index in [9.17, 15) is 4.79 Å². The molecule has 1 aromatic heterocycles. The SMILES string of the molecule is C[C@@H](c1cc(=O)[nH]c(=S)[nH]1)c1cccc2ccccc12. The third kappa shape index (κ3) is 2.30. The van der Waals surface area contributed by atoms with E-state index >= 15 is 0 Å². The van der Waals surface area contributed by atoms with Gasteiger partial charge in [0.15, 0.2) is 4.77 Å². The predicted molar refractivity (Wildman–Crippen MR) is 83.7 cm³/mol. The summed E-state index contributed by atoms with van der Waals surface area (Å²) in [6.07, 6.45) is 0. The number of fused-ring (bicyclic) bond motifs is 1. The molecular formula is C16H14N2OS. The van der Waals surface area contributed by atoms with Gasteiger partial charge >= 0.3 is 0 Å². The van der Waals surface area contributed by atoms with Gasteiger partial charge in [-0.15, -0.1) is 0 Å². The fraction of sp³-hybridized carbons (Fsp3) is 0.125. The average Bonchev–Trinajstić information content (AvgIpc) is 2.45. The first-order valence-corrected chi connectivity index (χ1v) is 6.87. The third-order valence-corrected chi connectivity index (χ3v) is 3.74. The first-order chi connectivity index (χ1) is 9.65. The number of rotatable bonds is 2. The van der Waals surface area contributed by atoms with Crippen molar-refractivity contribution >= 4 is 23.0 Å². The number of benzene rings is 2. The Morgan fingerprint density at radius 2 is 1.80 bits per heavy atom. The van der Waals surface area contributed by atoms with Crippen LogP contribution in [-0.2, 0) is 0 Å². The predicted octanol–water partition coefficient (Wildman–Crippen LogP) is 3.74. The molecule has 0 saturated heterocycles. The minimum Gasteiger partial charge on any atom is -0.335 e. The van der Waals surface area contributed by atoms with E-state index in [2.05, 4.69) is 41.2 Å². The van der Waals surface area contributed by atoms with Crippen LogP contribution in [0.15, 0.2) is 53.3 Å². The number of H-pyrrole nitrogens is 2. The second-order valence-electron chi connectivity index (χ2n) is 4.83. The number of aromatic amines is 2. The van der Waals surface area contributed by atoms with E-state index < -0.39 is 0 Å². The smallest absolute Gasteiger partial charge is 0.251 e. The van der Waals surface area contributed by atoms with Gasteiger partial charge in [0.05, 0.1) is 0 Å². The molecule has 0 bridgehead atoms. The molecule has 0 aliphatic rings. The summed E-state index contributed by atoms with van der Waals surface area (Å²) in [5.41, 5.74) is 1.84. The van der Waals surface area contributed by atoms with Crippen molar-refractivity contribution < 1.29 is 0 Å². The molecule has 3 aromatic rings. The second-order valence-corrected chi connectivity index (χ2v) is 5.24. The van der Waals surface area contributed by atoms with Crippen molar-refractivity contribution in [2.24, 2.45) is 0 Å². The summed E-state index contributed by atoms with van der Waals surface area (Å²) >= 11 is 5.04. The lowest BCUT2D eigenvalue weighted by atomic mass is 9.92. The Kier molecular flexibility index (Phi) is 3.24. The summed E-state index contributed by atoms with van der Waals surface area (Å²) in [7, 11) is 0. The lowest BCUT2D eigenvalue weighted by Gasteiger charge is -2.14. The Hall–Kier alpha value is -2.20. The van der Waals surface area contributed by atoms with Gasteiger partial charge in [-0.05, 0) is 28.6 Å². The maximum atomic E-state index is 11.6. The standard InChI is InChI=1S/C16H14N2OS/c1-10(14-9-15(19)18-16(20)17-14)12-8-4-6-11-5-2-3-7-13(11)12/h2-10H,1H3,(H2,17,18,19,20)/t10-/m1/s1. The number of hydrogen-bond donors (Lipinski definition) is 2. The highest BCUT2D eigenvalue weighted by Gasteiger charge is 2.12. The lowest BCUT2D eigenvalue weighted by Crippen LogP contribution is -2.11. The van der Waals surface area contributed by atoms with Gasteiger partial charge in [0.25, 0.3) is 5.56 Å². The minimum absolute atomic E-state index is 0.0742. The van der Waals surface area contributed by atoms with Crippen LogP contribution >= 0.6 is 12.2 Å². The molecule has 0 amide bonds. The highest BCUT2D eigenvalue weighted by atomic mass is 32.1. The quantitative estimate of drug-likeness (QED) is 0.703. The van der Waals surface area contributed by atoms with E-state index in [-0.39, 0.29) is 11.5 Å².